The summed E-state index contributed by atoms with van der Waals surface area (Å²) in [6, 6.07) is 4.16. The van der Waals surface area contributed by atoms with E-state index in [0.717, 1.165) is 32.3 Å². The molecular formula is C21H23N7O3S. The number of aromatic nitrogens is 7. The molecule has 1 saturated heterocycles. The Morgan fingerprint density at radius 1 is 1.16 bits per heavy atom. The van der Waals surface area contributed by atoms with E-state index in [1.807, 2.05) is 19.1 Å². The van der Waals surface area contributed by atoms with Crippen molar-refractivity contribution in [2.45, 2.75) is 38.5 Å². The number of imidazole rings is 1. The second kappa shape index (κ2) is 7.75. The number of fused-ring (bicyclic) bond motifs is 1. The van der Waals surface area contributed by atoms with Gasteiger partial charge in [0.1, 0.15) is 16.6 Å². The van der Waals surface area contributed by atoms with Gasteiger partial charge in [0.05, 0.1) is 48.6 Å². The fourth-order valence-corrected chi connectivity index (χ4v) is 5.11. The summed E-state index contributed by atoms with van der Waals surface area (Å²) in [6.07, 6.45) is 6.87. The highest BCUT2D eigenvalue weighted by molar-refractivity contribution is 7.90. The van der Waals surface area contributed by atoms with E-state index in [2.05, 4.69) is 43.4 Å². The Morgan fingerprint density at radius 3 is 2.69 bits per heavy atom. The molecule has 4 aromatic rings. The van der Waals surface area contributed by atoms with Gasteiger partial charge in [0.25, 0.3) is 10.0 Å². The highest BCUT2D eigenvalue weighted by atomic mass is 32.2. The molecule has 32 heavy (non-hydrogen) atoms. The lowest BCUT2D eigenvalue weighted by Gasteiger charge is -2.25. The van der Waals surface area contributed by atoms with Gasteiger partial charge in [-0.1, -0.05) is 0 Å². The minimum atomic E-state index is -3.57. The topological polar surface area (TPSA) is 118 Å². The van der Waals surface area contributed by atoms with Gasteiger partial charge in [-0.3, -0.25) is 4.98 Å². The largest absolute Gasteiger partial charge is 0.378 e. The zero-order valence-electron chi connectivity index (χ0n) is 18.0. The van der Waals surface area contributed by atoms with Crippen LogP contribution in [0.4, 0.5) is 0 Å². The summed E-state index contributed by atoms with van der Waals surface area (Å²) in [6.45, 7) is 6.63. The Morgan fingerprint density at radius 2 is 1.97 bits per heavy atom. The molecule has 0 saturated carbocycles. The van der Waals surface area contributed by atoms with E-state index in [1.54, 1.807) is 12.4 Å². The average molecular weight is 454 g/mol. The molecule has 11 heteroatoms. The van der Waals surface area contributed by atoms with E-state index in [9.17, 15) is 8.42 Å². The van der Waals surface area contributed by atoms with Gasteiger partial charge in [-0.2, -0.15) is 9.19 Å². The SMILES string of the molecule is Cc1nc2cnc(Cc3ccnc(-c4cnn(S(=O)(=O)C5COC5)c4)n3)cc2n1C(C)C. The van der Waals surface area contributed by atoms with Crippen molar-refractivity contribution in [2.75, 3.05) is 13.2 Å². The first kappa shape index (κ1) is 20.7. The van der Waals surface area contributed by atoms with Crippen molar-refractivity contribution in [3.8, 4) is 11.4 Å². The normalized spacial score (nSPS) is 14.9. The molecule has 1 fully saturated rings. The Balaban J connectivity index is 1.42. The standard InChI is InChI=1S/C21H23N7O3S/c1-13(2)28-14(3)25-19-9-23-17(7-20(19)28)6-16-4-5-22-21(26-16)15-8-24-27(10-15)32(29,30)18-11-31-12-18/h4-5,7-10,13,18H,6,11-12H2,1-3H3. The van der Waals surface area contributed by atoms with Gasteiger partial charge in [-0.15, -0.1) is 0 Å². The summed E-state index contributed by atoms with van der Waals surface area (Å²) in [5, 5.41) is 3.45. The van der Waals surface area contributed by atoms with Crippen molar-refractivity contribution in [2.24, 2.45) is 0 Å². The van der Waals surface area contributed by atoms with Crippen LogP contribution in [-0.2, 0) is 21.2 Å². The van der Waals surface area contributed by atoms with E-state index in [4.69, 9.17) is 4.74 Å². The van der Waals surface area contributed by atoms with Crippen molar-refractivity contribution >= 4 is 21.1 Å². The number of pyridine rings is 1. The fraction of sp³-hybridized carbons (Fsp3) is 0.381. The lowest BCUT2D eigenvalue weighted by molar-refractivity contribution is 0.0410. The summed E-state index contributed by atoms with van der Waals surface area (Å²) in [4.78, 5) is 18.0. The van der Waals surface area contributed by atoms with E-state index in [1.165, 1.54) is 12.4 Å². The van der Waals surface area contributed by atoms with Crippen molar-refractivity contribution in [3.05, 3.63) is 54.1 Å². The molecule has 0 radical (unpaired) electrons. The molecule has 5 rings (SSSR count). The van der Waals surface area contributed by atoms with E-state index >= 15 is 0 Å². The van der Waals surface area contributed by atoms with Gasteiger partial charge in [-0.05, 0) is 32.9 Å². The number of hydrogen-bond donors (Lipinski definition) is 0. The first-order valence-electron chi connectivity index (χ1n) is 10.4. The summed E-state index contributed by atoms with van der Waals surface area (Å²) in [5.41, 5.74) is 4.09. The summed E-state index contributed by atoms with van der Waals surface area (Å²) < 4.78 is 33.2. The number of aryl methyl sites for hydroxylation is 1. The highest BCUT2D eigenvalue weighted by Crippen LogP contribution is 2.23. The molecule has 0 atom stereocenters. The van der Waals surface area contributed by atoms with Gasteiger partial charge in [0, 0.05) is 24.4 Å². The van der Waals surface area contributed by atoms with E-state index in [-0.39, 0.29) is 13.2 Å². The molecule has 0 amide bonds. The molecule has 0 aromatic carbocycles. The molecule has 0 bridgehead atoms. The second-order valence-corrected chi connectivity index (χ2v) is 10.2. The number of hydrogen-bond acceptors (Lipinski definition) is 8. The summed E-state index contributed by atoms with van der Waals surface area (Å²) in [5.74, 6) is 1.37. The van der Waals surface area contributed by atoms with Crippen LogP contribution in [0.25, 0.3) is 22.4 Å². The lowest BCUT2D eigenvalue weighted by atomic mass is 10.2. The zero-order chi connectivity index (χ0) is 22.5. The molecular weight excluding hydrogens is 430 g/mol. The van der Waals surface area contributed by atoms with Gasteiger partial charge in [0.15, 0.2) is 5.82 Å². The molecule has 0 unspecified atom stereocenters. The third kappa shape index (κ3) is 3.56. The highest BCUT2D eigenvalue weighted by Gasteiger charge is 2.34. The van der Waals surface area contributed by atoms with Crippen LogP contribution in [0.5, 0.6) is 0 Å². The maximum Gasteiger partial charge on any atom is 0.261 e. The van der Waals surface area contributed by atoms with E-state index in [0.29, 0.717) is 23.9 Å². The van der Waals surface area contributed by atoms with Gasteiger partial charge in [-0.25, -0.2) is 23.4 Å². The molecule has 1 aliphatic heterocycles. The zero-order valence-corrected chi connectivity index (χ0v) is 18.8. The van der Waals surface area contributed by atoms with Crippen LogP contribution in [-0.4, -0.2) is 60.6 Å². The third-order valence-electron chi connectivity index (χ3n) is 5.51. The number of rotatable bonds is 6. The molecule has 166 valence electrons. The minimum Gasteiger partial charge on any atom is -0.378 e. The maximum absolute atomic E-state index is 12.5. The van der Waals surface area contributed by atoms with Crippen molar-refractivity contribution in [3.63, 3.8) is 0 Å². The van der Waals surface area contributed by atoms with Crippen molar-refractivity contribution in [1.29, 1.82) is 0 Å². The van der Waals surface area contributed by atoms with Gasteiger partial charge >= 0.3 is 0 Å². The predicted octanol–water partition coefficient (Wildman–Crippen LogP) is 2.14. The smallest absolute Gasteiger partial charge is 0.261 e. The molecule has 5 heterocycles. The molecule has 4 aromatic heterocycles. The third-order valence-corrected chi connectivity index (χ3v) is 7.34. The van der Waals surface area contributed by atoms with Crippen LogP contribution in [0.3, 0.4) is 0 Å². The summed E-state index contributed by atoms with van der Waals surface area (Å²) >= 11 is 0. The van der Waals surface area contributed by atoms with Crippen molar-refractivity contribution < 1.29 is 13.2 Å². The fourth-order valence-electron chi connectivity index (χ4n) is 3.83. The quantitative estimate of drug-likeness (QED) is 0.436. The minimum absolute atomic E-state index is 0.191. The number of ether oxygens (including phenoxy) is 1. The van der Waals surface area contributed by atoms with Crippen LogP contribution >= 0.6 is 0 Å². The monoisotopic (exact) mass is 453 g/mol. The Kier molecular flexibility index (Phi) is 5.01. The predicted molar refractivity (Wildman–Crippen MR) is 118 cm³/mol. The van der Waals surface area contributed by atoms with Crippen LogP contribution in [0.15, 0.2) is 36.9 Å². The molecule has 0 N–H and O–H groups in total. The first-order chi connectivity index (χ1) is 15.3. The van der Waals surface area contributed by atoms with Crippen LogP contribution < -0.4 is 0 Å². The van der Waals surface area contributed by atoms with Crippen LogP contribution in [0.1, 0.15) is 37.1 Å². The van der Waals surface area contributed by atoms with Crippen molar-refractivity contribution in [1.82, 2.24) is 33.7 Å². The molecule has 0 spiro atoms. The average Bonchev–Trinajstić information content (AvgIpc) is 3.31. The number of nitrogens with zero attached hydrogens (tertiary/aromatic N) is 7. The molecule has 0 aliphatic carbocycles. The lowest BCUT2D eigenvalue weighted by Crippen LogP contribution is -2.43. The molecule has 1 aliphatic rings. The second-order valence-electron chi connectivity index (χ2n) is 8.14. The van der Waals surface area contributed by atoms with Gasteiger partial charge in [0.2, 0.25) is 0 Å². The maximum atomic E-state index is 12.5. The first-order valence-corrected chi connectivity index (χ1v) is 11.9. The Labute approximate surface area is 185 Å². The molecule has 10 nitrogen and oxygen atoms in total. The van der Waals surface area contributed by atoms with E-state index < -0.39 is 15.3 Å². The van der Waals surface area contributed by atoms with Gasteiger partial charge < -0.3 is 9.30 Å². The summed E-state index contributed by atoms with van der Waals surface area (Å²) in [7, 11) is -3.57. The van der Waals surface area contributed by atoms with Crippen LogP contribution in [0.2, 0.25) is 0 Å². The Bertz CT molecular complexity index is 1400. The Hall–Kier alpha value is -3.18. The van der Waals surface area contributed by atoms with Crippen LogP contribution in [0, 0.1) is 6.92 Å².